The predicted molar refractivity (Wildman–Crippen MR) is 129 cm³/mol. The van der Waals surface area contributed by atoms with Crippen LogP contribution >= 0.6 is 34.7 Å². The largest absolute Gasteiger partial charge is 0.324 e. The van der Waals surface area contributed by atoms with E-state index in [4.69, 9.17) is 16.6 Å². The highest BCUT2D eigenvalue weighted by Gasteiger charge is 2.27. The van der Waals surface area contributed by atoms with Crippen molar-refractivity contribution in [2.24, 2.45) is 0 Å². The summed E-state index contributed by atoms with van der Waals surface area (Å²) < 4.78 is 15.1. The van der Waals surface area contributed by atoms with Crippen molar-refractivity contribution in [3.05, 3.63) is 49.8 Å². The maximum Gasteiger partial charge on any atom is 0.263 e. The minimum atomic E-state index is -0.459. The van der Waals surface area contributed by atoms with Crippen LogP contribution in [0.25, 0.3) is 10.2 Å². The number of hydrogen-bond donors (Lipinski definition) is 1. The SMILES string of the molecule is O=C(CSc1nc2sc3c(c2c(=O)n1C1CCCC1)CCCC3)Nc1ccc(F)cc1Cl. The van der Waals surface area contributed by atoms with E-state index in [1.54, 1.807) is 11.3 Å². The number of amides is 1. The lowest BCUT2D eigenvalue weighted by molar-refractivity contribution is -0.113. The van der Waals surface area contributed by atoms with Crippen molar-refractivity contribution in [2.45, 2.75) is 62.6 Å². The number of nitrogens with one attached hydrogen (secondary N) is 1. The van der Waals surface area contributed by atoms with E-state index < -0.39 is 5.82 Å². The van der Waals surface area contributed by atoms with Gasteiger partial charge in [0.15, 0.2) is 5.16 Å². The molecule has 0 spiro atoms. The number of carbonyl (C=O) groups excluding carboxylic acids is 1. The number of aryl methyl sites for hydroxylation is 2. The van der Waals surface area contributed by atoms with E-state index in [2.05, 4.69) is 5.32 Å². The van der Waals surface area contributed by atoms with Crippen molar-refractivity contribution in [3.63, 3.8) is 0 Å². The molecule has 3 aromatic rings. The second-order valence-electron chi connectivity index (χ2n) is 8.36. The molecular formula is C23H23ClFN3O2S2. The zero-order chi connectivity index (χ0) is 22.2. The highest BCUT2D eigenvalue weighted by Crippen LogP contribution is 2.37. The molecule has 1 saturated carbocycles. The molecule has 2 aromatic heterocycles. The molecule has 5 nitrogen and oxygen atoms in total. The van der Waals surface area contributed by atoms with Gasteiger partial charge in [0.25, 0.3) is 5.56 Å². The Kier molecular flexibility index (Phi) is 6.27. The van der Waals surface area contributed by atoms with E-state index in [9.17, 15) is 14.0 Å². The van der Waals surface area contributed by atoms with Crippen LogP contribution in [-0.2, 0) is 17.6 Å². The normalized spacial score (nSPS) is 16.4. The van der Waals surface area contributed by atoms with Crippen molar-refractivity contribution >= 4 is 56.5 Å². The number of hydrogen-bond acceptors (Lipinski definition) is 5. The first kappa shape index (κ1) is 21.9. The summed E-state index contributed by atoms with van der Waals surface area (Å²) in [6.45, 7) is 0. The fraction of sp³-hybridized carbons (Fsp3) is 0.435. The lowest BCUT2D eigenvalue weighted by Crippen LogP contribution is -2.27. The molecule has 2 aliphatic rings. The number of anilines is 1. The molecule has 32 heavy (non-hydrogen) atoms. The standard InChI is InChI=1S/C23H23ClFN3O2S2/c24-16-11-13(25)9-10-17(16)26-19(29)12-31-23-27-21-20(15-7-3-4-8-18(15)32-21)22(30)28(23)14-5-1-2-6-14/h9-11,14H,1-8,12H2,(H,26,29). The summed E-state index contributed by atoms with van der Waals surface area (Å²) in [7, 11) is 0. The third-order valence-electron chi connectivity index (χ3n) is 6.22. The molecule has 168 valence electrons. The van der Waals surface area contributed by atoms with Gasteiger partial charge in [-0.25, -0.2) is 9.37 Å². The lowest BCUT2D eigenvalue weighted by atomic mass is 9.97. The molecule has 1 fully saturated rings. The number of thiophene rings is 1. The highest BCUT2D eigenvalue weighted by molar-refractivity contribution is 7.99. The topological polar surface area (TPSA) is 64.0 Å². The molecule has 1 N–H and O–H groups in total. The van der Waals surface area contributed by atoms with Gasteiger partial charge in [0.2, 0.25) is 5.91 Å². The van der Waals surface area contributed by atoms with Gasteiger partial charge in [-0.3, -0.25) is 14.2 Å². The minimum Gasteiger partial charge on any atom is -0.324 e. The Bertz CT molecular complexity index is 1250. The quantitative estimate of drug-likeness (QED) is 0.352. The van der Waals surface area contributed by atoms with Crippen LogP contribution in [0.3, 0.4) is 0 Å². The van der Waals surface area contributed by atoms with E-state index in [1.807, 2.05) is 4.57 Å². The van der Waals surface area contributed by atoms with E-state index in [-0.39, 0.29) is 28.3 Å². The first-order valence-corrected chi connectivity index (χ1v) is 13.1. The van der Waals surface area contributed by atoms with Crippen LogP contribution in [0.2, 0.25) is 5.02 Å². The zero-order valence-electron chi connectivity index (χ0n) is 17.5. The number of nitrogens with zero attached hydrogens (tertiary/aromatic N) is 2. The summed E-state index contributed by atoms with van der Waals surface area (Å²) in [5.74, 6) is -0.649. The average molecular weight is 492 g/mol. The molecule has 1 amide bonds. The second kappa shape index (κ2) is 9.15. The molecule has 1 aromatic carbocycles. The van der Waals surface area contributed by atoms with Crippen molar-refractivity contribution < 1.29 is 9.18 Å². The number of halogens is 2. The first-order valence-electron chi connectivity index (χ1n) is 11.0. The Labute approximate surface area is 198 Å². The van der Waals surface area contributed by atoms with Crippen LogP contribution in [-0.4, -0.2) is 21.2 Å². The molecule has 0 radical (unpaired) electrons. The number of rotatable bonds is 5. The van der Waals surface area contributed by atoms with Crippen molar-refractivity contribution in [1.82, 2.24) is 9.55 Å². The first-order chi connectivity index (χ1) is 15.5. The van der Waals surface area contributed by atoms with Crippen molar-refractivity contribution in [1.29, 1.82) is 0 Å². The molecule has 2 heterocycles. The monoisotopic (exact) mass is 491 g/mol. The van der Waals surface area contributed by atoms with Crippen LogP contribution < -0.4 is 10.9 Å². The fourth-order valence-corrected chi connectivity index (χ4v) is 7.08. The van der Waals surface area contributed by atoms with E-state index in [1.165, 1.54) is 34.3 Å². The van der Waals surface area contributed by atoms with Gasteiger partial charge < -0.3 is 5.32 Å². The third-order valence-corrected chi connectivity index (χ3v) is 8.67. The van der Waals surface area contributed by atoms with E-state index in [0.29, 0.717) is 10.8 Å². The molecule has 0 atom stereocenters. The summed E-state index contributed by atoms with van der Waals surface area (Å²) >= 11 is 8.92. The summed E-state index contributed by atoms with van der Waals surface area (Å²) in [4.78, 5) is 33.2. The van der Waals surface area contributed by atoms with Gasteiger partial charge in [0.1, 0.15) is 10.6 Å². The minimum absolute atomic E-state index is 0.0470. The van der Waals surface area contributed by atoms with Gasteiger partial charge in [0, 0.05) is 10.9 Å². The molecular weight excluding hydrogens is 469 g/mol. The van der Waals surface area contributed by atoms with E-state index in [0.717, 1.165) is 67.6 Å². The van der Waals surface area contributed by atoms with Gasteiger partial charge in [-0.15, -0.1) is 11.3 Å². The molecule has 0 bridgehead atoms. The average Bonchev–Trinajstić information content (AvgIpc) is 3.42. The molecule has 0 saturated heterocycles. The van der Waals surface area contributed by atoms with Crippen LogP contribution in [0, 0.1) is 5.82 Å². The third kappa shape index (κ3) is 4.20. The van der Waals surface area contributed by atoms with Gasteiger partial charge >= 0.3 is 0 Å². The predicted octanol–water partition coefficient (Wildman–Crippen LogP) is 5.98. The summed E-state index contributed by atoms with van der Waals surface area (Å²) in [5.41, 5.74) is 1.60. The Morgan fingerprint density at radius 1 is 1.25 bits per heavy atom. The summed E-state index contributed by atoms with van der Waals surface area (Å²) in [6.07, 6.45) is 8.37. The highest BCUT2D eigenvalue weighted by atomic mass is 35.5. The number of thioether (sulfide) groups is 1. The van der Waals surface area contributed by atoms with Gasteiger partial charge in [-0.2, -0.15) is 0 Å². The summed E-state index contributed by atoms with van der Waals surface area (Å²) in [6, 6.07) is 3.99. The number of aromatic nitrogens is 2. The maximum absolute atomic E-state index is 13.6. The lowest BCUT2D eigenvalue weighted by Gasteiger charge is -2.18. The Hall–Kier alpha value is -1.90. The van der Waals surface area contributed by atoms with E-state index >= 15 is 0 Å². The Morgan fingerprint density at radius 2 is 2.03 bits per heavy atom. The molecule has 0 aliphatic heterocycles. The molecule has 2 aliphatic carbocycles. The molecule has 5 rings (SSSR count). The van der Waals surface area contributed by atoms with Gasteiger partial charge in [-0.05, 0) is 62.3 Å². The molecule has 0 unspecified atom stereocenters. The smallest absolute Gasteiger partial charge is 0.263 e. The number of fused-ring (bicyclic) bond motifs is 3. The van der Waals surface area contributed by atoms with Crippen molar-refractivity contribution in [3.8, 4) is 0 Å². The maximum atomic E-state index is 13.6. The zero-order valence-corrected chi connectivity index (χ0v) is 19.8. The fourth-order valence-electron chi connectivity index (χ4n) is 4.69. The Balaban J connectivity index is 1.45. The van der Waals surface area contributed by atoms with Crippen LogP contribution in [0.1, 0.15) is 55.0 Å². The summed E-state index contributed by atoms with van der Waals surface area (Å²) in [5, 5.41) is 4.27. The van der Waals surface area contributed by atoms with Gasteiger partial charge in [-0.1, -0.05) is 36.2 Å². The Morgan fingerprint density at radius 3 is 2.81 bits per heavy atom. The van der Waals surface area contributed by atoms with Crippen LogP contribution in [0.15, 0.2) is 28.2 Å². The van der Waals surface area contributed by atoms with Crippen LogP contribution in [0.4, 0.5) is 10.1 Å². The molecule has 9 heteroatoms. The van der Waals surface area contributed by atoms with Crippen molar-refractivity contribution in [2.75, 3.05) is 11.1 Å². The second-order valence-corrected chi connectivity index (χ2v) is 10.8. The number of carbonyl (C=O) groups is 1. The van der Waals surface area contributed by atoms with Crippen LogP contribution in [0.5, 0.6) is 0 Å². The van der Waals surface area contributed by atoms with Gasteiger partial charge in [0.05, 0.1) is 21.8 Å². The number of benzene rings is 1.